The summed E-state index contributed by atoms with van der Waals surface area (Å²) in [5.74, 6) is -3.28. The molecule has 6 N–H and O–H groups in total. The number of hydrogen-bond acceptors (Lipinski definition) is 6. The van der Waals surface area contributed by atoms with E-state index in [1.54, 1.807) is 13.8 Å². The smallest absolute Gasteiger partial charge is 0.326 e. The third-order valence-corrected chi connectivity index (χ3v) is 4.17. The Labute approximate surface area is 151 Å². The number of hydrogen-bond donors (Lipinski definition) is 5. The van der Waals surface area contributed by atoms with Crippen LogP contribution >= 0.6 is 11.8 Å². The number of aliphatic carboxylic acids is 2. The monoisotopic (exact) mass is 377 g/mol. The van der Waals surface area contributed by atoms with Crippen molar-refractivity contribution in [1.29, 1.82) is 0 Å². The lowest BCUT2D eigenvalue weighted by Gasteiger charge is -2.23. The zero-order valence-electron chi connectivity index (χ0n) is 14.7. The van der Waals surface area contributed by atoms with Gasteiger partial charge in [-0.15, -0.1) is 0 Å². The lowest BCUT2D eigenvalue weighted by molar-refractivity contribution is -0.143. The number of amides is 2. The second-order valence-corrected chi connectivity index (χ2v) is 6.93. The first kappa shape index (κ1) is 23.2. The molecule has 0 aromatic carbocycles. The Hall–Kier alpha value is -1.81. The predicted octanol–water partition coefficient (Wildman–Crippen LogP) is -0.358. The molecule has 0 bridgehead atoms. The van der Waals surface area contributed by atoms with E-state index in [1.807, 2.05) is 6.26 Å². The van der Waals surface area contributed by atoms with Crippen LogP contribution in [-0.2, 0) is 19.2 Å². The number of nitrogens with one attached hydrogen (secondary N) is 2. The van der Waals surface area contributed by atoms with Crippen molar-refractivity contribution in [3.8, 4) is 0 Å². The van der Waals surface area contributed by atoms with Gasteiger partial charge < -0.3 is 26.6 Å². The van der Waals surface area contributed by atoms with Crippen LogP contribution in [0.1, 0.15) is 33.1 Å². The zero-order valence-corrected chi connectivity index (χ0v) is 15.5. The maximum absolute atomic E-state index is 12.3. The average Bonchev–Trinajstić information content (AvgIpc) is 2.53. The Morgan fingerprint density at radius 1 is 1.00 bits per heavy atom. The van der Waals surface area contributed by atoms with Crippen LogP contribution in [0.5, 0.6) is 0 Å². The Balaban J connectivity index is 5.04. The molecule has 0 heterocycles. The number of carbonyl (C=O) groups is 4. The summed E-state index contributed by atoms with van der Waals surface area (Å²) in [7, 11) is 0. The Kier molecular flexibility index (Phi) is 10.8. The number of nitrogens with two attached hydrogens (primary N) is 1. The Bertz CT molecular complexity index is 486. The molecular formula is C15H27N3O6S. The van der Waals surface area contributed by atoms with Crippen LogP contribution in [0.15, 0.2) is 0 Å². The summed E-state index contributed by atoms with van der Waals surface area (Å²) in [6, 6.07) is -3.13. The summed E-state index contributed by atoms with van der Waals surface area (Å²) in [5.41, 5.74) is 5.72. The van der Waals surface area contributed by atoms with E-state index in [2.05, 4.69) is 10.6 Å². The van der Waals surface area contributed by atoms with Crippen molar-refractivity contribution >= 4 is 35.5 Å². The summed E-state index contributed by atoms with van der Waals surface area (Å²) in [5, 5.41) is 22.7. The van der Waals surface area contributed by atoms with Crippen LogP contribution in [0.4, 0.5) is 0 Å². The first-order valence-corrected chi connectivity index (χ1v) is 9.29. The zero-order chi connectivity index (χ0) is 19.6. The van der Waals surface area contributed by atoms with E-state index in [0.29, 0.717) is 5.75 Å². The molecule has 9 nitrogen and oxygen atoms in total. The van der Waals surface area contributed by atoms with Gasteiger partial charge in [0, 0.05) is 6.42 Å². The number of thioether (sulfide) groups is 1. The van der Waals surface area contributed by atoms with E-state index < -0.39 is 41.9 Å². The molecule has 0 aromatic heterocycles. The van der Waals surface area contributed by atoms with Gasteiger partial charge in [-0.1, -0.05) is 13.8 Å². The lowest BCUT2D eigenvalue weighted by Crippen LogP contribution is -2.55. The van der Waals surface area contributed by atoms with Crippen molar-refractivity contribution in [2.75, 3.05) is 12.0 Å². The van der Waals surface area contributed by atoms with Gasteiger partial charge >= 0.3 is 11.9 Å². The van der Waals surface area contributed by atoms with Gasteiger partial charge in [-0.2, -0.15) is 11.8 Å². The van der Waals surface area contributed by atoms with E-state index in [9.17, 15) is 19.2 Å². The van der Waals surface area contributed by atoms with Crippen LogP contribution in [0, 0.1) is 5.92 Å². The van der Waals surface area contributed by atoms with E-state index in [0.717, 1.165) is 0 Å². The maximum atomic E-state index is 12.3. The fraction of sp³-hybridized carbons (Fsp3) is 0.733. The summed E-state index contributed by atoms with van der Waals surface area (Å²) in [4.78, 5) is 46.4. The molecule has 0 aliphatic rings. The number of rotatable bonds is 12. The van der Waals surface area contributed by atoms with Gasteiger partial charge in [0.25, 0.3) is 0 Å². The van der Waals surface area contributed by atoms with E-state index in [4.69, 9.17) is 15.9 Å². The Morgan fingerprint density at radius 3 is 2.00 bits per heavy atom. The van der Waals surface area contributed by atoms with Crippen LogP contribution in [0.3, 0.4) is 0 Å². The molecule has 0 aliphatic heterocycles. The number of carboxylic acids is 2. The minimum absolute atomic E-state index is 0.160. The predicted molar refractivity (Wildman–Crippen MR) is 94.2 cm³/mol. The molecule has 3 atom stereocenters. The highest BCUT2D eigenvalue weighted by Gasteiger charge is 2.28. The molecule has 0 aromatic rings. The van der Waals surface area contributed by atoms with Crippen LogP contribution in [0.25, 0.3) is 0 Å². The van der Waals surface area contributed by atoms with Crippen molar-refractivity contribution in [2.45, 2.75) is 51.2 Å². The molecule has 0 rings (SSSR count). The molecule has 0 fully saturated rings. The highest BCUT2D eigenvalue weighted by molar-refractivity contribution is 7.98. The van der Waals surface area contributed by atoms with Crippen LogP contribution < -0.4 is 16.4 Å². The quantitative estimate of drug-likeness (QED) is 0.308. The SMILES string of the molecule is CSCC[C@H](NC(=O)[C@H](CCC(=O)O)NC(=O)[C@@H](N)C(C)C)C(=O)O. The van der Waals surface area contributed by atoms with Gasteiger partial charge in [0.2, 0.25) is 11.8 Å². The summed E-state index contributed by atoms with van der Waals surface area (Å²) in [6.45, 7) is 3.47. The molecule has 0 saturated carbocycles. The van der Waals surface area contributed by atoms with Gasteiger partial charge in [-0.25, -0.2) is 4.79 Å². The molecule has 25 heavy (non-hydrogen) atoms. The third-order valence-electron chi connectivity index (χ3n) is 3.53. The van der Waals surface area contributed by atoms with E-state index in [1.165, 1.54) is 11.8 Å². The molecule has 2 amide bonds. The fourth-order valence-electron chi connectivity index (χ4n) is 1.87. The van der Waals surface area contributed by atoms with Crippen molar-refractivity contribution in [1.82, 2.24) is 10.6 Å². The summed E-state index contributed by atoms with van der Waals surface area (Å²) >= 11 is 1.44. The van der Waals surface area contributed by atoms with Crippen molar-refractivity contribution in [3.63, 3.8) is 0 Å². The first-order valence-electron chi connectivity index (χ1n) is 7.90. The molecule has 10 heteroatoms. The van der Waals surface area contributed by atoms with Crippen LogP contribution in [-0.4, -0.2) is 64.1 Å². The van der Waals surface area contributed by atoms with Gasteiger partial charge in [0.1, 0.15) is 12.1 Å². The molecule has 0 saturated heterocycles. The maximum Gasteiger partial charge on any atom is 0.326 e. The van der Waals surface area contributed by atoms with Gasteiger partial charge in [0.15, 0.2) is 0 Å². The van der Waals surface area contributed by atoms with Gasteiger partial charge in [0.05, 0.1) is 6.04 Å². The highest BCUT2D eigenvalue weighted by atomic mass is 32.2. The normalized spacial score (nSPS) is 14.4. The second-order valence-electron chi connectivity index (χ2n) is 5.94. The lowest BCUT2D eigenvalue weighted by atomic mass is 10.0. The van der Waals surface area contributed by atoms with Crippen molar-refractivity contribution < 1.29 is 29.4 Å². The molecule has 0 spiro atoms. The fourth-order valence-corrected chi connectivity index (χ4v) is 2.34. The van der Waals surface area contributed by atoms with Crippen LogP contribution in [0.2, 0.25) is 0 Å². The average molecular weight is 377 g/mol. The second kappa shape index (κ2) is 11.7. The first-order chi connectivity index (χ1) is 11.6. The largest absolute Gasteiger partial charge is 0.481 e. The molecule has 144 valence electrons. The van der Waals surface area contributed by atoms with E-state index >= 15 is 0 Å². The Morgan fingerprint density at radius 2 is 1.56 bits per heavy atom. The van der Waals surface area contributed by atoms with Crippen molar-refractivity contribution in [2.24, 2.45) is 11.7 Å². The summed E-state index contributed by atoms with van der Waals surface area (Å²) < 4.78 is 0. The summed E-state index contributed by atoms with van der Waals surface area (Å²) in [6.07, 6.45) is 1.52. The molecule has 0 radical (unpaired) electrons. The third kappa shape index (κ3) is 9.30. The van der Waals surface area contributed by atoms with Gasteiger partial charge in [-0.05, 0) is 30.8 Å². The topological polar surface area (TPSA) is 159 Å². The minimum atomic E-state index is -1.19. The number of carbonyl (C=O) groups excluding carboxylic acids is 2. The number of carboxylic acid groups (broad SMARTS) is 2. The molecule has 0 unspecified atom stereocenters. The van der Waals surface area contributed by atoms with Gasteiger partial charge in [-0.3, -0.25) is 14.4 Å². The highest BCUT2D eigenvalue weighted by Crippen LogP contribution is 2.05. The molecule has 0 aliphatic carbocycles. The van der Waals surface area contributed by atoms with E-state index in [-0.39, 0.29) is 25.2 Å². The van der Waals surface area contributed by atoms with Crippen molar-refractivity contribution in [3.05, 3.63) is 0 Å². The minimum Gasteiger partial charge on any atom is -0.481 e. The standard InChI is InChI=1S/C15H27N3O6S/c1-8(2)12(16)14(22)17-9(4-5-11(19)20)13(21)18-10(15(23)24)6-7-25-3/h8-10,12H,4-7,16H2,1-3H3,(H,17,22)(H,18,21)(H,19,20)(H,23,24)/t9-,10-,12-/m0/s1. The molecular weight excluding hydrogens is 350 g/mol.